The van der Waals surface area contributed by atoms with Gasteiger partial charge in [0.2, 0.25) is 0 Å². The lowest BCUT2D eigenvalue weighted by Gasteiger charge is -2.18. The lowest BCUT2D eigenvalue weighted by Crippen LogP contribution is -2.05. The van der Waals surface area contributed by atoms with Gasteiger partial charge in [-0.2, -0.15) is 0 Å². The molecule has 0 aliphatic heterocycles. The van der Waals surface area contributed by atoms with Crippen LogP contribution in [0.25, 0.3) is 21.8 Å². The molecule has 5 rings (SSSR count). The van der Waals surface area contributed by atoms with Crippen LogP contribution in [0.1, 0.15) is 33.0 Å². The van der Waals surface area contributed by atoms with Crippen LogP contribution in [0.15, 0.2) is 79.1 Å². The van der Waals surface area contributed by atoms with Crippen LogP contribution in [0.4, 0.5) is 0 Å². The molecule has 5 nitrogen and oxygen atoms in total. The average molecular weight is 382 g/mol. The molecule has 29 heavy (non-hydrogen) atoms. The fourth-order valence-corrected chi connectivity index (χ4v) is 4.10. The number of benzene rings is 3. The summed E-state index contributed by atoms with van der Waals surface area (Å²) in [4.78, 5) is 18.3. The molecule has 0 spiro atoms. The van der Waals surface area contributed by atoms with E-state index >= 15 is 0 Å². The topological polar surface area (TPSA) is 89.1 Å². The number of carboxylic acid groups (broad SMARTS) is 1. The van der Waals surface area contributed by atoms with E-state index in [-0.39, 0.29) is 17.2 Å². The number of phenols is 1. The van der Waals surface area contributed by atoms with Crippen LogP contribution >= 0.6 is 0 Å². The number of H-pyrrole nitrogens is 2. The zero-order valence-corrected chi connectivity index (χ0v) is 15.4. The molecule has 142 valence electrons. The molecule has 5 aromatic rings. The van der Waals surface area contributed by atoms with Crippen LogP contribution in [0, 0.1) is 0 Å². The first-order valence-electron chi connectivity index (χ1n) is 9.31. The number of nitrogens with one attached hydrogen (secondary N) is 2. The number of carboxylic acids is 1. The van der Waals surface area contributed by atoms with Crippen LogP contribution in [-0.4, -0.2) is 26.2 Å². The number of aromatic carboxylic acids is 1. The lowest BCUT2D eigenvalue weighted by atomic mass is 9.84. The number of para-hydroxylation sites is 2. The second kappa shape index (κ2) is 6.56. The second-order valence-electron chi connectivity index (χ2n) is 7.09. The van der Waals surface area contributed by atoms with Gasteiger partial charge < -0.3 is 20.2 Å². The van der Waals surface area contributed by atoms with Gasteiger partial charge >= 0.3 is 5.97 Å². The molecule has 3 aromatic carbocycles. The summed E-state index contributed by atoms with van der Waals surface area (Å²) in [6.45, 7) is 0. The number of hydrogen-bond acceptors (Lipinski definition) is 2. The van der Waals surface area contributed by atoms with Gasteiger partial charge in [-0.3, -0.25) is 0 Å². The van der Waals surface area contributed by atoms with Crippen LogP contribution < -0.4 is 0 Å². The predicted octanol–water partition coefficient (Wildman–Crippen LogP) is 5.23. The highest BCUT2D eigenvalue weighted by molar-refractivity contribution is 5.92. The average Bonchev–Trinajstić information content (AvgIpc) is 3.35. The van der Waals surface area contributed by atoms with Gasteiger partial charge in [-0.15, -0.1) is 0 Å². The van der Waals surface area contributed by atoms with Gasteiger partial charge in [-0.05, 0) is 41.0 Å². The van der Waals surface area contributed by atoms with Gasteiger partial charge in [0.05, 0.1) is 0 Å². The number of aromatic amines is 2. The van der Waals surface area contributed by atoms with E-state index in [1.807, 2.05) is 48.8 Å². The van der Waals surface area contributed by atoms with Gasteiger partial charge in [0.25, 0.3) is 0 Å². The van der Waals surface area contributed by atoms with Crippen LogP contribution in [0.2, 0.25) is 0 Å². The summed E-state index contributed by atoms with van der Waals surface area (Å²) in [5.41, 5.74) is 4.83. The zero-order valence-electron chi connectivity index (χ0n) is 15.4. The minimum atomic E-state index is -1.15. The van der Waals surface area contributed by atoms with Gasteiger partial charge in [-0.25, -0.2) is 4.79 Å². The molecule has 0 amide bonds. The fourth-order valence-electron chi connectivity index (χ4n) is 4.10. The zero-order chi connectivity index (χ0) is 20.0. The van der Waals surface area contributed by atoms with Gasteiger partial charge in [0.1, 0.15) is 11.3 Å². The monoisotopic (exact) mass is 382 g/mol. The maximum Gasteiger partial charge on any atom is 0.339 e. The van der Waals surface area contributed by atoms with Crippen molar-refractivity contribution >= 4 is 27.8 Å². The Bertz CT molecular complexity index is 1290. The third kappa shape index (κ3) is 2.75. The molecule has 0 unspecified atom stereocenters. The van der Waals surface area contributed by atoms with E-state index in [2.05, 4.69) is 22.1 Å². The van der Waals surface area contributed by atoms with E-state index in [0.717, 1.165) is 38.5 Å². The smallest absolute Gasteiger partial charge is 0.339 e. The molecule has 0 aliphatic carbocycles. The van der Waals surface area contributed by atoms with Gasteiger partial charge in [0, 0.05) is 40.1 Å². The Labute approximate surface area is 166 Å². The van der Waals surface area contributed by atoms with E-state index in [1.54, 1.807) is 12.1 Å². The van der Waals surface area contributed by atoms with Gasteiger partial charge in [0.15, 0.2) is 0 Å². The summed E-state index contributed by atoms with van der Waals surface area (Å²) in [6.07, 6.45) is 3.95. The Morgan fingerprint density at radius 2 is 1.34 bits per heavy atom. The quantitative estimate of drug-likeness (QED) is 0.343. The molecule has 0 bridgehead atoms. The SMILES string of the molecule is O=C(O)c1cc(C(c2c[nH]c3ccccc23)c2c[nH]c3ccccc23)ccc1O. The van der Waals surface area contributed by atoms with E-state index in [1.165, 1.54) is 6.07 Å². The maximum atomic E-state index is 11.6. The molecular formula is C24H18N2O3. The number of carbonyl (C=O) groups is 1. The number of rotatable bonds is 4. The molecule has 0 aliphatic rings. The maximum absolute atomic E-state index is 11.6. The van der Waals surface area contributed by atoms with Crippen LogP contribution in [0.5, 0.6) is 5.75 Å². The van der Waals surface area contributed by atoms with E-state index in [9.17, 15) is 15.0 Å². The molecule has 0 fully saturated rings. The Morgan fingerprint density at radius 1 is 0.793 bits per heavy atom. The van der Waals surface area contributed by atoms with Crippen LogP contribution in [-0.2, 0) is 0 Å². The van der Waals surface area contributed by atoms with Crippen LogP contribution in [0.3, 0.4) is 0 Å². The standard InChI is InChI=1S/C24H18N2O3/c27-22-10-9-14(11-17(22)24(28)29)23(18-12-25-20-7-3-1-5-15(18)20)19-13-26-21-8-4-2-6-16(19)21/h1-13,23,25-27H,(H,28,29). The van der Waals surface area contributed by atoms with Crippen molar-refractivity contribution in [3.8, 4) is 5.75 Å². The van der Waals surface area contributed by atoms with Crippen molar-refractivity contribution in [2.75, 3.05) is 0 Å². The Kier molecular flexibility index (Phi) is 3.88. The summed E-state index contributed by atoms with van der Waals surface area (Å²) >= 11 is 0. The number of hydrogen-bond donors (Lipinski definition) is 4. The highest BCUT2D eigenvalue weighted by Crippen LogP contribution is 2.40. The number of fused-ring (bicyclic) bond motifs is 2. The summed E-state index contributed by atoms with van der Waals surface area (Å²) in [7, 11) is 0. The molecule has 0 saturated heterocycles. The number of aromatic nitrogens is 2. The first kappa shape index (κ1) is 17.1. The van der Waals surface area contributed by atoms with Gasteiger partial charge in [-0.1, -0.05) is 42.5 Å². The highest BCUT2D eigenvalue weighted by atomic mass is 16.4. The van der Waals surface area contributed by atoms with Crippen molar-refractivity contribution in [3.63, 3.8) is 0 Å². The lowest BCUT2D eigenvalue weighted by molar-refractivity contribution is 0.0693. The predicted molar refractivity (Wildman–Crippen MR) is 113 cm³/mol. The van der Waals surface area contributed by atoms with Crippen molar-refractivity contribution in [1.82, 2.24) is 9.97 Å². The molecule has 0 saturated carbocycles. The summed E-state index contributed by atoms with van der Waals surface area (Å²) in [6, 6.07) is 20.9. The molecule has 5 heteroatoms. The minimum absolute atomic E-state index is 0.104. The summed E-state index contributed by atoms with van der Waals surface area (Å²) in [5.74, 6) is -1.60. The third-order valence-electron chi connectivity index (χ3n) is 5.45. The molecule has 4 N–H and O–H groups in total. The molecule has 0 atom stereocenters. The van der Waals surface area contributed by atoms with Crippen molar-refractivity contribution < 1.29 is 15.0 Å². The normalized spacial score (nSPS) is 11.5. The Morgan fingerprint density at radius 3 is 1.90 bits per heavy atom. The summed E-state index contributed by atoms with van der Waals surface area (Å²) < 4.78 is 0. The third-order valence-corrected chi connectivity index (χ3v) is 5.45. The Hall–Kier alpha value is -3.99. The fraction of sp³-hybridized carbons (Fsp3) is 0.0417. The second-order valence-corrected chi connectivity index (χ2v) is 7.09. The highest BCUT2D eigenvalue weighted by Gasteiger charge is 2.24. The van der Waals surface area contributed by atoms with Crippen molar-refractivity contribution in [1.29, 1.82) is 0 Å². The molecule has 2 heterocycles. The van der Waals surface area contributed by atoms with E-state index < -0.39 is 5.97 Å². The van der Waals surface area contributed by atoms with Crippen molar-refractivity contribution in [2.24, 2.45) is 0 Å². The molecular weight excluding hydrogens is 364 g/mol. The molecule has 2 aromatic heterocycles. The van der Waals surface area contributed by atoms with Crippen molar-refractivity contribution in [2.45, 2.75) is 5.92 Å². The van der Waals surface area contributed by atoms with E-state index in [0.29, 0.717) is 0 Å². The van der Waals surface area contributed by atoms with E-state index in [4.69, 9.17) is 0 Å². The first-order valence-corrected chi connectivity index (χ1v) is 9.31. The summed E-state index contributed by atoms with van der Waals surface area (Å²) in [5, 5.41) is 21.7. The number of aromatic hydroxyl groups is 1. The Balaban J connectivity index is 1.81. The van der Waals surface area contributed by atoms with Crippen molar-refractivity contribution in [3.05, 3.63) is 101 Å². The first-order chi connectivity index (χ1) is 14.1. The molecule has 0 radical (unpaired) electrons. The minimum Gasteiger partial charge on any atom is -0.507 e. The largest absolute Gasteiger partial charge is 0.507 e.